The highest BCUT2D eigenvalue weighted by atomic mass is 32.2. The van der Waals surface area contributed by atoms with Gasteiger partial charge in [0.2, 0.25) is 10.0 Å². The van der Waals surface area contributed by atoms with Crippen molar-refractivity contribution in [3.63, 3.8) is 0 Å². The topological polar surface area (TPSA) is 49.4 Å². The quantitative estimate of drug-likeness (QED) is 0.885. The average molecular weight is 332 g/mol. The van der Waals surface area contributed by atoms with Crippen molar-refractivity contribution >= 4 is 10.0 Å². The van der Waals surface area contributed by atoms with Crippen LogP contribution in [0.15, 0.2) is 47.4 Å². The first-order chi connectivity index (χ1) is 10.8. The number of hydrogen-bond donors (Lipinski definition) is 1. The zero-order chi connectivity index (χ0) is 17.0. The van der Waals surface area contributed by atoms with Crippen LogP contribution in [0.5, 0.6) is 0 Å². The van der Waals surface area contributed by atoms with Crippen LogP contribution in [-0.4, -0.2) is 26.8 Å². The summed E-state index contributed by atoms with van der Waals surface area (Å²) in [5.74, 6) is 0. The van der Waals surface area contributed by atoms with Crippen LogP contribution in [0.4, 0.5) is 0 Å². The van der Waals surface area contributed by atoms with Crippen molar-refractivity contribution in [2.75, 3.05) is 14.1 Å². The van der Waals surface area contributed by atoms with Gasteiger partial charge in [-0.3, -0.25) is 0 Å². The normalized spacial score (nSPS) is 11.9. The lowest BCUT2D eigenvalue weighted by molar-refractivity contribution is 0.518. The Kier molecular flexibility index (Phi) is 5.57. The van der Waals surface area contributed by atoms with Gasteiger partial charge in [-0.15, -0.1) is 0 Å². The zero-order valence-corrected chi connectivity index (χ0v) is 14.9. The van der Waals surface area contributed by atoms with E-state index in [1.807, 2.05) is 12.1 Å². The van der Waals surface area contributed by atoms with E-state index in [-0.39, 0.29) is 0 Å². The number of rotatable bonds is 6. The number of aryl methyl sites for hydroxylation is 2. The van der Waals surface area contributed by atoms with Gasteiger partial charge < -0.3 is 5.32 Å². The third-order valence-corrected chi connectivity index (χ3v) is 5.57. The second-order valence-corrected chi connectivity index (χ2v) is 8.11. The van der Waals surface area contributed by atoms with E-state index in [4.69, 9.17) is 0 Å². The van der Waals surface area contributed by atoms with Gasteiger partial charge in [0.05, 0.1) is 4.90 Å². The second kappa shape index (κ2) is 7.25. The molecule has 23 heavy (non-hydrogen) atoms. The first-order valence-electron chi connectivity index (χ1n) is 7.59. The lowest BCUT2D eigenvalue weighted by atomic mass is 10.1. The molecule has 0 bridgehead atoms. The Morgan fingerprint density at radius 3 is 2.17 bits per heavy atom. The summed E-state index contributed by atoms with van der Waals surface area (Å²) in [5.41, 5.74) is 4.45. The first kappa shape index (κ1) is 17.7. The van der Waals surface area contributed by atoms with E-state index < -0.39 is 10.0 Å². The number of hydrogen-bond acceptors (Lipinski definition) is 3. The Hall–Kier alpha value is -1.69. The molecule has 0 amide bonds. The zero-order valence-electron chi connectivity index (χ0n) is 14.1. The standard InChI is InChI=1S/C18H24N2O2S/c1-14-9-15(2)11-16(10-14)12-19-13-17-7-5-6-8-18(17)23(21,22)20(3)4/h5-11,19H,12-13H2,1-4H3. The van der Waals surface area contributed by atoms with Crippen molar-refractivity contribution in [2.45, 2.75) is 31.8 Å². The van der Waals surface area contributed by atoms with E-state index in [1.165, 1.54) is 21.0 Å². The van der Waals surface area contributed by atoms with Crippen molar-refractivity contribution < 1.29 is 8.42 Å². The molecule has 0 spiro atoms. The molecule has 0 aliphatic carbocycles. The molecule has 0 aromatic heterocycles. The maximum Gasteiger partial charge on any atom is 0.242 e. The average Bonchev–Trinajstić information content (AvgIpc) is 2.46. The summed E-state index contributed by atoms with van der Waals surface area (Å²) in [6, 6.07) is 13.5. The van der Waals surface area contributed by atoms with Crippen LogP contribution in [0, 0.1) is 13.8 Å². The van der Waals surface area contributed by atoms with Crippen molar-refractivity contribution in [3.8, 4) is 0 Å². The van der Waals surface area contributed by atoms with Crippen LogP contribution in [0.2, 0.25) is 0 Å². The van der Waals surface area contributed by atoms with Gasteiger partial charge in [0.1, 0.15) is 0 Å². The van der Waals surface area contributed by atoms with Gasteiger partial charge in [-0.25, -0.2) is 12.7 Å². The summed E-state index contributed by atoms with van der Waals surface area (Å²) < 4.78 is 26.0. The highest BCUT2D eigenvalue weighted by Gasteiger charge is 2.20. The van der Waals surface area contributed by atoms with Crippen LogP contribution in [0.1, 0.15) is 22.3 Å². The fourth-order valence-electron chi connectivity index (χ4n) is 2.61. The number of sulfonamides is 1. The highest BCUT2D eigenvalue weighted by molar-refractivity contribution is 7.89. The third-order valence-electron chi connectivity index (χ3n) is 3.66. The molecule has 4 nitrogen and oxygen atoms in total. The molecule has 124 valence electrons. The monoisotopic (exact) mass is 332 g/mol. The lowest BCUT2D eigenvalue weighted by Gasteiger charge is -2.15. The van der Waals surface area contributed by atoms with Gasteiger partial charge >= 0.3 is 0 Å². The highest BCUT2D eigenvalue weighted by Crippen LogP contribution is 2.18. The van der Waals surface area contributed by atoms with Gasteiger partial charge in [0, 0.05) is 27.2 Å². The summed E-state index contributed by atoms with van der Waals surface area (Å²) in [6.45, 7) is 5.38. The molecule has 2 aromatic carbocycles. The molecule has 1 N–H and O–H groups in total. The molecule has 0 fully saturated rings. The van der Waals surface area contributed by atoms with Gasteiger partial charge in [-0.05, 0) is 31.0 Å². The molecule has 0 unspecified atom stereocenters. The van der Waals surface area contributed by atoms with E-state index in [9.17, 15) is 8.42 Å². The van der Waals surface area contributed by atoms with E-state index in [0.717, 1.165) is 5.56 Å². The Balaban J connectivity index is 2.13. The Bertz CT molecular complexity index is 763. The molecule has 0 aliphatic rings. The molecule has 0 radical (unpaired) electrons. The summed E-state index contributed by atoms with van der Waals surface area (Å²) in [5, 5.41) is 3.34. The molecular weight excluding hydrogens is 308 g/mol. The summed E-state index contributed by atoms with van der Waals surface area (Å²) in [4.78, 5) is 0.359. The minimum Gasteiger partial charge on any atom is -0.309 e. The number of nitrogens with one attached hydrogen (secondary N) is 1. The van der Waals surface area contributed by atoms with E-state index in [1.54, 1.807) is 26.2 Å². The maximum atomic E-state index is 12.4. The van der Waals surface area contributed by atoms with Crippen LogP contribution in [0.3, 0.4) is 0 Å². The molecular formula is C18H24N2O2S. The molecule has 5 heteroatoms. The summed E-state index contributed by atoms with van der Waals surface area (Å²) >= 11 is 0. The molecule has 0 atom stereocenters. The van der Waals surface area contributed by atoms with Crippen molar-refractivity contribution in [1.82, 2.24) is 9.62 Å². The van der Waals surface area contributed by atoms with Crippen LogP contribution >= 0.6 is 0 Å². The molecule has 0 aliphatic heterocycles. The van der Waals surface area contributed by atoms with Gasteiger partial charge in [-0.2, -0.15) is 0 Å². The van der Waals surface area contributed by atoms with Crippen molar-refractivity contribution in [2.24, 2.45) is 0 Å². The Labute approximate surface area is 139 Å². The fraction of sp³-hybridized carbons (Fsp3) is 0.333. The predicted molar refractivity (Wildman–Crippen MR) is 93.8 cm³/mol. The van der Waals surface area contributed by atoms with Crippen LogP contribution in [0.25, 0.3) is 0 Å². The SMILES string of the molecule is Cc1cc(C)cc(CNCc2ccccc2S(=O)(=O)N(C)C)c1. The largest absolute Gasteiger partial charge is 0.309 e. The third kappa shape index (κ3) is 4.41. The summed E-state index contributed by atoms with van der Waals surface area (Å²) in [6.07, 6.45) is 0. The first-order valence-corrected chi connectivity index (χ1v) is 9.03. The van der Waals surface area contributed by atoms with Crippen molar-refractivity contribution in [1.29, 1.82) is 0 Å². The van der Waals surface area contributed by atoms with E-state index in [2.05, 4.69) is 37.4 Å². The maximum absolute atomic E-state index is 12.4. The lowest BCUT2D eigenvalue weighted by Crippen LogP contribution is -2.24. The van der Waals surface area contributed by atoms with E-state index in [0.29, 0.717) is 18.0 Å². The molecule has 0 saturated heterocycles. The molecule has 0 saturated carbocycles. The predicted octanol–water partition coefficient (Wildman–Crippen LogP) is 2.84. The Morgan fingerprint density at radius 1 is 0.957 bits per heavy atom. The number of nitrogens with zero attached hydrogens (tertiary/aromatic N) is 1. The smallest absolute Gasteiger partial charge is 0.242 e. The minimum atomic E-state index is -3.42. The second-order valence-electron chi connectivity index (χ2n) is 5.99. The van der Waals surface area contributed by atoms with Crippen LogP contribution in [-0.2, 0) is 23.1 Å². The fourth-order valence-corrected chi connectivity index (χ4v) is 3.73. The van der Waals surface area contributed by atoms with E-state index >= 15 is 0 Å². The molecule has 2 aromatic rings. The molecule has 0 heterocycles. The van der Waals surface area contributed by atoms with Crippen LogP contribution < -0.4 is 5.32 Å². The Morgan fingerprint density at radius 2 is 1.57 bits per heavy atom. The number of benzene rings is 2. The van der Waals surface area contributed by atoms with Crippen molar-refractivity contribution in [3.05, 3.63) is 64.7 Å². The van der Waals surface area contributed by atoms with Gasteiger partial charge in [0.15, 0.2) is 0 Å². The van der Waals surface area contributed by atoms with Gasteiger partial charge in [0.25, 0.3) is 0 Å². The molecule has 2 rings (SSSR count). The minimum absolute atomic E-state index is 0.359. The van der Waals surface area contributed by atoms with Gasteiger partial charge in [-0.1, -0.05) is 47.5 Å². The summed E-state index contributed by atoms with van der Waals surface area (Å²) in [7, 11) is -0.321.